The molecule has 3 aromatic rings. The smallest absolute Gasteiger partial charge is 0.264 e. The molecule has 0 aromatic heterocycles. The molecule has 0 saturated heterocycles. The standard InChI is InChI=1S/C22H18FIN2O5S/c23-15-2-1-3-18(12-15)26(14-22(27)25-17-6-4-16(24)5-7-17)32(28,29)19-8-9-20-21(13-19)31-11-10-30-20/h1-9,12-13H,10-11,14H2,(H,25,27). The van der Waals surface area contributed by atoms with Crippen molar-refractivity contribution in [3.05, 3.63) is 76.1 Å². The number of ether oxygens (including phenoxy) is 2. The summed E-state index contributed by atoms with van der Waals surface area (Å²) in [5.41, 5.74) is 0.545. The first kappa shape index (κ1) is 22.3. The van der Waals surface area contributed by atoms with Gasteiger partial charge in [0.1, 0.15) is 25.6 Å². The predicted molar refractivity (Wildman–Crippen MR) is 126 cm³/mol. The molecule has 0 fully saturated rings. The fraction of sp³-hybridized carbons (Fsp3) is 0.136. The van der Waals surface area contributed by atoms with Crippen LogP contribution < -0.4 is 19.1 Å². The molecular formula is C22H18FIN2O5S. The molecule has 0 radical (unpaired) electrons. The molecule has 1 N–H and O–H groups in total. The van der Waals surface area contributed by atoms with Crippen LogP contribution in [0.15, 0.2) is 71.6 Å². The van der Waals surface area contributed by atoms with Gasteiger partial charge in [0.2, 0.25) is 5.91 Å². The van der Waals surface area contributed by atoms with E-state index in [1.54, 1.807) is 12.1 Å². The van der Waals surface area contributed by atoms with Crippen LogP contribution >= 0.6 is 22.6 Å². The highest BCUT2D eigenvalue weighted by atomic mass is 127. The van der Waals surface area contributed by atoms with Gasteiger partial charge in [-0.1, -0.05) is 6.07 Å². The third kappa shape index (κ3) is 4.96. The first-order valence-corrected chi connectivity index (χ1v) is 12.1. The van der Waals surface area contributed by atoms with Crippen LogP contribution in [0.2, 0.25) is 0 Å². The fourth-order valence-corrected chi connectivity index (χ4v) is 4.91. The Hall–Kier alpha value is -2.86. The Morgan fingerprint density at radius 3 is 2.44 bits per heavy atom. The molecule has 3 aromatic carbocycles. The van der Waals surface area contributed by atoms with Crippen LogP contribution in [-0.2, 0) is 14.8 Å². The van der Waals surface area contributed by atoms with Crippen molar-refractivity contribution in [1.29, 1.82) is 0 Å². The number of rotatable bonds is 6. The third-order valence-corrected chi connectivity index (χ3v) is 7.10. The topological polar surface area (TPSA) is 84.9 Å². The van der Waals surface area contributed by atoms with Gasteiger partial charge in [-0.15, -0.1) is 0 Å². The zero-order valence-electron chi connectivity index (χ0n) is 16.6. The number of hydrogen-bond donors (Lipinski definition) is 1. The first-order valence-electron chi connectivity index (χ1n) is 9.56. The summed E-state index contributed by atoms with van der Waals surface area (Å²) in [5.74, 6) is -0.469. The lowest BCUT2D eigenvalue weighted by Crippen LogP contribution is -2.38. The van der Waals surface area contributed by atoms with E-state index in [9.17, 15) is 17.6 Å². The van der Waals surface area contributed by atoms with Crippen molar-refractivity contribution in [2.75, 3.05) is 29.4 Å². The Bertz CT molecular complexity index is 1250. The minimum Gasteiger partial charge on any atom is -0.486 e. The van der Waals surface area contributed by atoms with Crippen LogP contribution in [0, 0.1) is 9.39 Å². The van der Waals surface area contributed by atoms with Gasteiger partial charge >= 0.3 is 0 Å². The summed E-state index contributed by atoms with van der Waals surface area (Å²) in [4.78, 5) is 12.6. The van der Waals surface area contributed by atoms with Crippen LogP contribution in [0.4, 0.5) is 15.8 Å². The quantitative estimate of drug-likeness (QED) is 0.454. The molecule has 32 heavy (non-hydrogen) atoms. The van der Waals surface area contributed by atoms with Crippen LogP contribution in [0.3, 0.4) is 0 Å². The van der Waals surface area contributed by atoms with E-state index in [1.807, 2.05) is 12.1 Å². The largest absolute Gasteiger partial charge is 0.486 e. The molecule has 1 aliphatic rings. The Kier molecular flexibility index (Phi) is 6.51. The second kappa shape index (κ2) is 9.33. The van der Waals surface area contributed by atoms with Crippen molar-refractivity contribution in [3.8, 4) is 11.5 Å². The van der Waals surface area contributed by atoms with Gasteiger partial charge in [-0.25, -0.2) is 12.8 Å². The van der Waals surface area contributed by atoms with E-state index < -0.39 is 28.3 Å². The van der Waals surface area contributed by atoms with Gasteiger partial charge in [0.25, 0.3) is 10.0 Å². The van der Waals surface area contributed by atoms with Crippen molar-refractivity contribution < 1.29 is 27.1 Å². The second-order valence-corrected chi connectivity index (χ2v) is 9.96. The summed E-state index contributed by atoms with van der Waals surface area (Å²) >= 11 is 2.14. The molecule has 0 bridgehead atoms. The highest BCUT2D eigenvalue weighted by Gasteiger charge is 2.29. The predicted octanol–water partition coefficient (Wildman–Crippen LogP) is 4.04. The van der Waals surface area contributed by atoms with Crippen molar-refractivity contribution in [2.45, 2.75) is 4.90 Å². The molecule has 1 amide bonds. The van der Waals surface area contributed by atoms with Gasteiger partial charge in [-0.05, 0) is 77.2 Å². The number of fused-ring (bicyclic) bond motifs is 1. The number of carbonyl (C=O) groups is 1. The molecule has 166 valence electrons. The highest BCUT2D eigenvalue weighted by Crippen LogP contribution is 2.34. The average molecular weight is 568 g/mol. The number of benzene rings is 3. The third-order valence-electron chi connectivity index (χ3n) is 4.61. The fourth-order valence-electron chi connectivity index (χ4n) is 3.12. The zero-order chi connectivity index (χ0) is 22.7. The Morgan fingerprint density at radius 1 is 1.00 bits per heavy atom. The van der Waals surface area contributed by atoms with E-state index in [0.29, 0.717) is 30.4 Å². The van der Waals surface area contributed by atoms with E-state index >= 15 is 0 Å². The monoisotopic (exact) mass is 568 g/mol. The summed E-state index contributed by atoms with van der Waals surface area (Å²) in [6.45, 7) is 0.113. The number of halogens is 2. The van der Waals surface area contributed by atoms with Crippen molar-refractivity contribution >= 4 is 49.9 Å². The summed E-state index contributed by atoms with van der Waals surface area (Å²) < 4.78 is 53.7. The zero-order valence-corrected chi connectivity index (χ0v) is 19.6. The number of amides is 1. The van der Waals surface area contributed by atoms with Gasteiger partial charge in [0.05, 0.1) is 10.6 Å². The normalized spacial score (nSPS) is 12.8. The Morgan fingerprint density at radius 2 is 1.72 bits per heavy atom. The summed E-state index contributed by atoms with van der Waals surface area (Å²) in [6.07, 6.45) is 0. The van der Waals surface area contributed by atoms with Gasteiger partial charge in [0, 0.05) is 15.3 Å². The molecule has 0 spiro atoms. The van der Waals surface area contributed by atoms with E-state index in [4.69, 9.17) is 9.47 Å². The summed E-state index contributed by atoms with van der Waals surface area (Å²) in [5, 5.41) is 2.67. The number of anilines is 2. The minimum absolute atomic E-state index is 0.0256. The van der Waals surface area contributed by atoms with Crippen LogP contribution in [0.25, 0.3) is 0 Å². The van der Waals surface area contributed by atoms with Gasteiger partial charge < -0.3 is 14.8 Å². The average Bonchev–Trinajstić information content (AvgIpc) is 2.78. The minimum atomic E-state index is -4.23. The lowest BCUT2D eigenvalue weighted by atomic mass is 10.3. The summed E-state index contributed by atoms with van der Waals surface area (Å²) in [7, 11) is -4.23. The van der Waals surface area contributed by atoms with Crippen LogP contribution in [0.5, 0.6) is 11.5 Å². The van der Waals surface area contributed by atoms with Gasteiger partial charge in [-0.3, -0.25) is 9.10 Å². The SMILES string of the molecule is O=C(CN(c1cccc(F)c1)S(=O)(=O)c1ccc2c(c1)OCCO2)Nc1ccc(I)cc1. The molecule has 1 heterocycles. The molecule has 0 atom stereocenters. The molecule has 1 aliphatic heterocycles. The van der Waals surface area contributed by atoms with Gasteiger partial charge in [-0.2, -0.15) is 0 Å². The van der Waals surface area contributed by atoms with Gasteiger partial charge in [0.15, 0.2) is 11.5 Å². The van der Waals surface area contributed by atoms with Crippen molar-refractivity contribution in [3.63, 3.8) is 0 Å². The van der Waals surface area contributed by atoms with Crippen molar-refractivity contribution in [1.82, 2.24) is 0 Å². The Labute approximate surface area is 198 Å². The highest BCUT2D eigenvalue weighted by molar-refractivity contribution is 14.1. The molecule has 4 rings (SSSR count). The number of nitrogens with zero attached hydrogens (tertiary/aromatic N) is 1. The lowest BCUT2D eigenvalue weighted by Gasteiger charge is -2.25. The number of nitrogens with one attached hydrogen (secondary N) is 1. The van der Waals surface area contributed by atoms with E-state index in [1.165, 1.54) is 36.4 Å². The lowest BCUT2D eigenvalue weighted by molar-refractivity contribution is -0.114. The number of carbonyl (C=O) groups excluding carboxylic acids is 1. The molecular weight excluding hydrogens is 550 g/mol. The maximum atomic E-state index is 13.9. The molecule has 0 aliphatic carbocycles. The maximum Gasteiger partial charge on any atom is 0.264 e. The molecule has 10 heteroatoms. The summed E-state index contributed by atoms with van der Waals surface area (Å²) in [6, 6.07) is 16.3. The van der Waals surface area contributed by atoms with Crippen LogP contribution in [0.1, 0.15) is 0 Å². The molecule has 0 saturated carbocycles. The van der Waals surface area contributed by atoms with E-state index in [0.717, 1.165) is 13.9 Å². The van der Waals surface area contributed by atoms with E-state index in [-0.39, 0.29) is 10.6 Å². The molecule has 0 unspecified atom stereocenters. The van der Waals surface area contributed by atoms with Crippen LogP contribution in [-0.4, -0.2) is 34.1 Å². The molecule has 7 nitrogen and oxygen atoms in total. The first-order chi connectivity index (χ1) is 15.3. The number of hydrogen-bond acceptors (Lipinski definition) is 5. The second-order valence-electron chi connectivity index (χ2n) is 6.85. The number of sulfonamides is 1. The van der Waals surface area contributed by atoms with Crippen molar-refractivity contribution in [2.24, 2.45) is 0 Å². The Balaban J connectivity index is 1.67. The maximum absolute atomic E-state index is 13.9. The van der Waals surface area contributed by atoms with E-state index in [2.05, 4.69) is 27.9 Å².